The van der Waals surface area contributed by atoms with E-state index in [1.807, 2.05) is 0 Å². The summed E-state index contributed by atoms with van der Waals surface area (Å²) >= 11 is 0. The van der Waals surface area contributed by atoms with Crippen molar-refractivity contribution in [3.8, 4) is 0 Å². The van der Waals surface area contributed by atoms with Gasteiger partial charge in [-0.2, -0.15) is 13.5 Å². The zero-order chi connectivity index (χ0) is 6.99. The Bertz CT molecular complexity index is 30.2. The van der Waals surface area contributed by atoms with Crippen LogP contribution in [0, 0.1) is 13.5 Å². The van der Waals surface area contributed by atoms with Gasteiger partial charge in [0, 0.05) is 0 Å². The van der Waals surface area contributed by atoms with Gasteiger partial charge in [-0.05, 0) is 6.10 Å². The molecule has 2 nitrogen and oxygen atoms in total. The predicted octanol–water partition coefficient (Wildman–Crippen LogP) is 1.13. The first-order valence-electron chi connectivity index (χ1n) is 2.67. The van der Waals surface area contributed by atoms with E-state index < -0.39 is 6.10 Å². The standard InChI is InChI=1S/C4H9O2.C2H5.Zn/c1-2-4(6)3-5;1-2;/h3-6H,2H2,1H3;1H2,2H3;/q2*-1;+2. The fourth-order valence-corrected chi connectivity index (χ4v) is 0.105. The number of aliphatic hydroxyl groups is 2. The van der Waals surface area contributed by atoms with Gasteiger partial charge in [0.1, 0.15) is 0 Å². The molecule has 0 saturated heterocycles. The molecule has 2 N–H and O–H groups in total. The fourth-order valence-electron chi connectivity index (χ4n) is 0.105. The zero-order valence-corrected chi connectivity index (χ0v) is 9.14. The molecule has 0 amide bonds. The second-order valence-electron chi connectivity index (χ2n) is 1.12. The molecule has 0 aromatic carbocycles. The van der Waals surface area contributed by atoms with E-state index in [-0.39, 0.29) is 19.5 Å². The summed E-state index contributed by atoms with van der Waals surface area (Å²) in [5.41, 5.74) is 0. The predicted molar refractivity (Wildman–Crippen MR) is 33.6 cm³/mol. The van der Waals surface area contributed by atoms with Crippen LogP contribution >= 0.6 is 0 Å². The van der Waals surface area contributed by atoms with Crippen molar-refractivity contribution >= 4 is 0 Å². The van der Waals surface area contributed by atoms with Gasteiger partial charge < -0.3 is 17.1 Å². The van der Waals surface area contributed by atoms with Gasteiger partial charge >= 0.3 is 19.5 Å². The van der Waals surface area contributed by atoms with Gasteiger partial charge in [0.05, 0.1) is 0 Å². The van der Waals surface area contributed by atoms with E-state index in [0.29, 0.717) is 6.42 Å². The van der Waals surface area contributed by atoms with E-state index in [1.165, 1.54) is 0 Å². The monoisotopic (exact) mass is 182 g/mol. The van der Waals surface area contributed by atoms with Crippen molar-refractivity contribution in [2.45, 2.75) is 26.4 Å². The summed E-state index contributed by atoms with van der Waals surface area (Å²) < 4.78 is 0. The number of rotatable bonds is 2. The van der Waals surface area contributed by atoms with E-state index >= 15 is 0 Å². The first-order chi connectivity index (χ1) is 3.81. The molecule has 0 bridgehead atoms. The van der Waals surface area contributed by atoms with Crippen molar-refractivity contribution in [2.75, 3.05) is 0 Å². The minimum atomic E-state index is -0.634. The van der Waals surface area contributed by atoms with Gasteiger partial charge in [-0.3, -0.25) is 0 Å². The molecule has 0 fully saturated rings. The summed E-state index contributed by atoms with van der Waals surface area (Å²) in [7, 11) is 0. The second-order valence-corrected chi connectivity index (χ2v) is 1.12. The van der Waals surface area contributed by atoms with Crippen LogP contribution in [-0.4, -0.2) is 16.3 Å². The molecule has 0 aliphatic rings. The van der Waals surface area contributed by atoms with Crippen LogP contribution in [0.5, 0.6) is 0 Å². The SMILES string of the molecule is CCC(O)[CH-]O.[CH2-]C.[Zn+2]. The van der Waals surface area contributed by atoms with Gasteiger partial charge in [-0.25, -0.2) is 0 Å². The topological polar surface area (TPSA) is 40.5 Å². The van der Waals surface area contributed by atoms with Crippen LogP contribution in [0.1, 0.15) is 20.3 Å². The Morgan fingerprint density at radius 3 is 1.89 bits per heavy atom. The van der Waals surface area contributed by atoms with Crippen molar-refractivity contribution in [3.05, 3.63) is 13.5 Å². The first-order valence-corrected chi connectivity index (χ1v) is 2.67. The van der Waals surface area contributed by atoms with E-state index in [4.69, 9.17) is 10.2 Å². The van der Waals surface area contributed by atoms with Crippen LogP contribution < -0.4 is 0 Å². The molecule has 0 aliphatic carbocycles. The Labute approximate surface area is 70.0 Å². The molecule has 52 valence electrons. The van der Waals surface area contributed by atoms with Gasteiger partial charge in [-0.15, -0.1) is 0 Å². The molecule has 0 aromatic heterocycles. The van der Waals surface area contributed by atoms with Crippen LogP contribution in [0.15, 0.2) is 0 Å². The average molecular weight is 184 g/mol. The fraction of sp³-hybridized carbons (Fsp3) is 0.667. The molecule has 0 heterocycles. The summed E-state index contributed by atoms with van der Waals surface area (Å²) in [6.45, 7) is 7.57. The molecular weight excluding hydrogens is 169 g/mol. The molecule has 1 atom stereocenters. The van der Waals surface area contributed by atoms with Crippen molar-refractivity contribution in [3.63, 3.8) is 0 Å². The van der Waals surface area contributed by atoms with Crippen LogP contribution in [0.4, 0.5) is 0 Å². The largest absolute Gasteiger partial charge is 2.00 e. The molecule has 0 aromatic rings. The molecule has 0 saturated carbocycles. The van der Waals surface area contributed by atoms with Crippen molar-refractivity contribution in [1.82, 2.24) is 0 Å². The van der Waals surface area contributed by atoms with Crippen molar-refractivity contribution in [2.24, 2.45) is 0 Å². The Balaban J connectivity index is -0.000000109. The minimum absolute atomic E-state index is 0. The summed E-state index contributed by atoms with van der Waals surface area (Å²) in [5, 5.41) is 16.3. The molecule has 0 spiro atoms. The van der Waals surface area contributed by atoms with Crippen molar-refractivity contribution < 1.29 is 29.7 Å². The van der Waals surface area contributed by atoms with Crippen molar-refractivity contribution in [1.29, 1.82) is 0 Å². The first kappa shape index (κ1) is 16.3. The van der Waals surface area contributed by atoms with Gasteiger partial charge in [0.15, 0.2) is 0 Å². The van der Waals surface area contributed by atoms with E-state index in [2.05, 4.69) is 6.92 Å². The van der Waals surface area contributed by atoms with E-state index in [9.17, 15) is 0 Å². The Morgan fingerprint density at radius 2 is 1.89 bits per heavy atom. The maximum absolute atomic E-state index is 8.36. The number of aliphatic hydroxyl groups excluding tert-OH is 2. The van der Waals surface area contributed by atoms with Crippen LogP contribution in [0.3, 0.4) is 0 Å². The summed E-state index contributed by atoms with van der Waals surface area (Å²) in [6, 6.07) is 0. The van der Waals surface area contributed by atoms with Crippen LogP contribution in [-0.2, 0) is 19.5 Å². The smallest absolute Gasteiger partial charge is 0.564 e. The molecule has 0 rings (SSSR count). The molecule has 1 unspecified atom stereocenters. The molecule has 0 radical (unpaired) electrons. The average Bonchev–Trinajstić information content (AvgIpc) is 1.91. The third-order valence-corrected chi connectivity index (χ3v) is 0.590. The van der Waals surface area contributed by atoms with Crippen LogP contribution in [0.25, 0.3) is 0 Å². The molecular formula is C6H14O2Zn. The molecule has 9 heavy (non-hydrogen) atoms. The Hall–Kier alpha value is 0.543. The van der Waals surface area contributed by atoms with E-state index in [1.54, 1.807) is 13.8 Å². The summed E-state index contributed by atoms with van der Waals surface area (Å²) in [5.74, 6) is 0. The Morgan fingerprint density at radius 1 is 1.56 bits per heavy atom. The zero-order valence-electron chi connectivity index (χ0n) is 6.17. The van der Waals surface area contributed by atoms with E-state index in [0.717, 1.165) is 6.61 Å². The third kappa shape index (κ3) is 17.7. The molecule has 0 aliphatic heterocycles. The maximum Gasteiger partial charge on any atom is 2.00 e. The normalized spacial score (nSPS) is 10.3. The molecule has 3 heteroatoms. The van der Waals surface area contributed by atoms with Gasteiger partial charge in [-0.1, -0.05) is 13.3 Å². The summed E-state index contributed by atoms with van der Waals surface area (Å²) in [6.07, 6.45) is -0.0544. The van der Waals surface area contributed by atoms with Gasteiger partial charge in [0.2, 0.25) is 0 Å². The second kappa shape index (κ2) is 15.8. The van der Waals surface area contributed by atoms with Crippen LogP contribution in [0.2, 0.25) is 0 Å². The summed E-state index contributed by atoms with van der Waals surface area (Å²) in [4.78, 5) is 0. The minimum Gasteiger partial charge on any atom is -0.564 e. The number of hydrogen-bond donors (Lipinski definition) is 2. The number of hydrogen-bond acceptors (Lipinski definition) is 2. The third-order valence-electron chi connectivity index (χ3n) is 0.590. The maximum atomic E-state index is 8.36. The van der Waals surface area contributed by atoms with Gasteiger partial charge in [0.25, 0.3) is 0 Å². The Kier molecular flexibility index (Phi) is 28.6. The quantitative estimate of drug-likeness (QED) is 0.498.